The summed E-state index contributed by atoms with van der Waals surface area (Å²) in [5.41, 5.74) is 8.03. The highest BCUT2D eigenvalue weighted by molar-refractivity contribution is 5.96. The number of nitrogens with one attached hydrogen (secondary N) is 2. The molecular formula is C23H23N3O3. The van der Waals surface area contributed by atoms with Crippen molar-refractivity contribution in [2.24, 2.45) is 0 Å². The van der Waals surface area contributed by atoms with E-state index >= 15 is 0 Å². The van der Waals surface area contributed by atoms with E-state index < -0.39 is 11.8 Å². The molecule has 0 saturated heterocycles. The second kappa shape index (κ2) is 9.41. The molecule has 3 aromatic rings. The molecule has 0 aliphatic carbocycles. The van der Waals surface area contributed by atoms with Crippen molar-refractivity contribution < 1.29 is 14.3 Å². The first-order valence-corrected chi connectivity index (χ1v) is 9.18. The average molecular weight is 389 g/mol. The molecule has 6 nitrogen and oxygen atoms in total. The number of hydrogen-bond donors (Lipinski definition) is 2. The van der Waals surface area contributed by atoms with Gasteiger partial charge in [0.1, 0.15) is 5.75 Å². The molecule has 6 heteroatoms. The number of benzene rings is 3. The summed E-state index contributed by atoms with van der Waals surface area (Å²) in [5.74, 6) is -0.254. The van der Waals surface area contributed by atoms with Crippen molar-refractivity contribution in [3.05, 3.63) is 84.4 Å². The highest BCUT2D eigenvalue weighted by Crippen LogP contribution is 2.29. The summed E-state index contributed by atoms with van der Waals surface area (Å²) < 4.78 is 5.67. The van der Waals surface area contributed by atoms with Crippen LogP contribution in [0.2, 0.25) is 0 Å². The third-order valence-corrected chi connectivity index (χ3v) is 4.27. The molecule has 29 heavy (non-hydrogen) atoms. The van der Waals surface area contributed by atoms with Crippen molar-refractivity contribution in [3.8, 4) is 16.9 Å². The third kappa shape index (κ3) is 5.35. The fourth-order valence-electron chi connectivity index (χ4n) is 2.75. The van der Waals surface area contributed by atoms with Crippen LogP contribution in [0.5, 0.6) is 5.75 Å². The standard InChI is InChI=1S/C23H23N3O3/c1-26(2)19-12-8-11-18(15-19)23(28)25-24-22(27)16-29-21-14-7-6-13-20(21)17-9-4-3-5-10-17/h3-15H,16H2,1-2H3,(H,24,27)(H,25,28). The third-order valence-electron chi connectivity index (χ3n) is 4.27. The van der Waals surface area contributed by atoms with Gasteiger partial charge in [0.25, 0.3) is 11.8 Å². The Bertz CT molecular complexity index is 987. The van der Waals surface area contributed by atoms with Gasteiger partial charge >= 0.3 is 0 Å². The minimum absolute atomic E-state index is 0.220. The van der Waals surface area contributed by atoms with E-state index in [0.717, 1.165) is 16.8 Å². The summed E-state index contributed by atoms with van der Waals surface area (Å²) >= 11 is 0. The second-order valence-electron chi connectivity index (χ2n) is 6.60. The summed E-state index contributed by atoms with van der Waals surface area (Å²) in [4.78, 5) is 26.3. The highest BCUT2D eigenvalue weighted by Gasteiger charge is 2.11. The summed E-state index contributed by atoms with van der Waals surface area (Å²) in [7, 11) is 3.78. The zero-order chi connectivity index (χ0) is 20.6. The number of para-hydroxylation sites is 1. The van der Waals surface area contributed by atoms with Gasteiger partial charge in [-0.1, -0.05) is 54.6 Å². The SMILES string of the molecule is CN(C)c1cccc(C(=O)NNC(=O)COc2ccccc2-c2ccccc2)c1. The molecule has 0 aliphatic heterocycles. The van der Waals surface area contributed by atoms with E-state index in [1.54, 1.807) is 24.3 Å². The summed E-state index contributed by atoms with van der Waals surface area (Å²) in [6.45, 7) is -0.220. The normalized spacial score (nSPS) is 10.1. The van der Waals surface area contributed by atoms with E-state index in [1.807, 2.05) is 73.6 Å². The van der Waals surface area contributed by atoms with Gasteiger partial charge in [0, 0.05) is 30.9 Å². The van der Waals surface area contributed by atoms with Gasteiger partial charge < -0.3 is 9.64 Å². The minimum atomic E-state index is -0.454. The number of anilines is 1. The zero-order valence-electron chi connectivity index (χ0n) is 16.4. The summed E-state index contributed by atoms with van der Waals surface area (Å²) in [6, 6.07) is 24.4. The predicted molar refractivity (Wildman–Crippen MR) is 114 cm³/mol. The smallest absolute Gasteiger partial charge is 0.276 e. The van der Waals surface area contributed by atoms with Gasteiger partial charge in [-0.2, -0.15) is 0 Å². The van der Waals surface area contributed by atoms with Crippen LogP contribution in [0.3, 0.4) is 0 Å². The molecular weight excluding hydrogens is 366 g/mol. The molecule has 0 aliphatic rings. The average Bonchev–Trinajstić information content (AvgIpc) is 2.77. The van der Waals surface area contributed by atoms with Crippen LogP contribution in [0.15, 0.2) is 78.9 Å². The molecule has 0 bridgehead atoms. The van der Waals surface area contributed by atoms with E-state index in [2.05, 4.69) is 10.9 Å². The molecule has 148 valence electrons. The molecule has 0 unspecified atom stereocenters. The number of rotatable bonds is 6. The molecule has 2 N–H and O–H groups in total. The van der Waals surface area contributed by atoms with Crippen LogP contribution in [-0.4, -0.2) is 32.5 Å². The van der Waals surface area contributed by atoms with E-state index in [4.69, 9.17) is 4.74 Å². The first kappa shape index (κ1) is 19.9. The van der Waals surface area contributed by atoms with Crippen molar-refractivity contribution in [2.45, 2.75) is 0 Å². The van der Waals surface area contributed by atoms with Gasteiger partial charge in [0.15, 0.2) is 6.61 Å². The number of carbonyl (C=O) groups excluding carboxylic acids is 2. The van der Waals surface area contributed by atoms with Gasteiger partial charge in [-0.05, 0) is 29.8 Å². The van der Waals surface area contributed by atoms with Crippen LogP contribution in [0.25, 0.3) is 11.1 Å². The minimum Gasteiger partial charge on any atom is -0.483 e. The lowest BCUT2D eigenvalue weighted by Crippen LogP contribution is -2.43. The molecule has 0 atom stereocenters. The first-order valence-electron chi connectivity index (χ1n) is 9.18. The first-order chi connectivity index (χ1) is 14.0. The fourth-order valence-corrected chi connectivity index (χ4v) is 2.75. The predicted octanol–water partition coefficient (Wildman–Crippen LogP) is 3.26. The molecule has 0 saturated carbocycles. The quantitative estimate of drug-likeness (QED) is 0.635. The maximum absolute atomic E-state index is 12.3. The maximum Gasteiger partial charge on any atom is 0.276 e. The zero-order valence-corrected chi connectivity index (χ0v) is 16.4. The Morgan fingerprint density at radius 3 is 2.34 bits per heavy atom. The molecule has 0 radical (unpaired) electrons. The largest absolute Gasteiger partial charge is 0.483 e. The number of hydrazine groups is 1. The lowest BCUT2D eigenvalue weighted by Gasteiger charge is -2.14. The van der Waals surface area contributed by atoms with Crippen LogP contribution >= 0.6 is 0 Å². The van der Waals surface area contributed by atoms with Crippen molar-refractivity contribution in [1.29, 1.82) is 0 Å². The Hall–Kier alpha value is -3.80. The Morgan fingerprint density at radius 2 is 1.59 bits per heavy atom. The van der Waals surface area contributed by atoms with Gasteiger partial charge in [0.05, 0.1) is 0 Å². The Balaban J connectivity index is 1.56. The fraction of sp³-hybridized carbons (Fsp3) is 0.130. The Kier molecular flexibility index (Phi) is 6.47. The topological polar surface area (TPSA) is 70.7 Å². The molecule has 3 aromatic carbocycles. The van der Waals surface area contributed by atoms with Crippen LogP contribution in [0, 0.1) is 0 Å². The molecule has 0 fully saturated rings. The maximum atomic E-state index is 12.3. The van der Waals surface area contributed by atoms with Crippen molar-refractivity contribution >= 4 is 17.5 Å². The van der Waals surface area contributed by atoms with Crippen LogP contribution in [-0.2, 0) is 4.79 Å². The van der Waals surface area contributed by atoms with Crippen LogP contribution < -0.4 is 20.5 Å². The highest BCUT2D eigenvalue weighted by atomic mass is 16.5. The summed E-state index contributed by atoms with van der Waals surface area (Å²) in [5, 5.41) is 0. The van der Waals surface area contributed by atoms with E-state index in [0.29, 0.717) is 11.3 Å². The van der Waals surface area contributed by atoms with Crippen molar-refractivity contribution in [2.75, 3.05) is 25.6 Å². The van der Waals surface area contributed by atoms with Gasteiger partial charge in [0.2, 0.25) is 0 Å². The van der Waals surface area contributed by atoms with E-state index in [9.17, 15) is 9.59 Å². The number of amides is 2. The van der Waals surface area contributed by atoms with Gasteiger partial charge in [-0.3, -0.25) is 20.4 Å². The molecule has 0 spiro atoms. The van der Waals surface area contributed by atoms with Crippen LogP contribution in [0.1, 0.15) is 10.4 Å². The number of carbonyl (C=O) groups is 2. The van der Waals surface area contributed by atoms with Crippen molar-refractivity contribution in [3.63, 3.8) is 0 Å². The molecule has 0 heterocycles. The Labute approximate surface area is 170 Å². The Morgan fingerprint density at radius 1 is 0.862 bits per heavy atom. The monoisotopic (exact) mass is 389 g/mol. The molecule has 3 rings (SSSR count). The van der Waals surface area contributed by atoms with E-state index in [1.165, 1.54) is 0 Å². The van der Waals surface area contributed by atoms with Gasteiger partial charge in [-0.25, -0.2) is 0 Å². The van der Waals surface area contributed by atoms with Crippen molar-refractivity contribution in [1.82, 2.24) is 10.9 Å². The molecule has 2 amide bonds. The van der Waals surface area contributed by atoms with Gasteiger partial charge in [-0.15, -0.1) is 0 Å². The number of nitrogens with zero attached hydrogens (tertiary/aromatic N) is 1. The van der Waals surface area contributed by atoms with Crippen LogP contribution in [0.4, 0.5) is 5.69 Å². The lowest BCUT2D eigenvalue weighted by atomic mass is 10.1. The molecule has 0 aromatic heterocycles. The lowest BCUT2D eigenvalue weighted by molar-refractivity contribution is -0.123. The number of ether oxygens (including phenoxy) is 1. The van der Waals surface area contributed by atoms with E-state index in [-0.39, 0.29) is 6.61 Å². The summed E-state index contributed by atoms with van der Waals surface area (Å²) in [6.07, 6.45) is 0. The second-order valence-corrected chi connectivity index (χ2v) is 6.60. The number of hydrogen-bond acceptors (Lipinski definition) is 4.